The molecule has 0 saturated carbocycles. The lowest BCUT2D eigenvalue weighted by atomic mass is 10.0. The van der Waals surface area contributed by atoms with Gasteiger partial charge in [-0.25, -0.2) is 0 Å². The molecule has 164 valence electrons. The molecule has 0 saturated heterocycles. The molecule has 3 aromatic heterocycles. The first-order valence-corrected chi connectivity index (χ1v) is 10.2. The maximum Gasteiger partial charge on any atom is 0.316 e. The Morgan fingerprint density at radius 3 is 2.75 bits per heavy atom. The summed E-state index contributed by atoms with van der Waals surface area (Å²) < 4.78 is 6.79. The van der Waals surface area contributed by atoms with Gasteiger partial charge in [-0.05, 0) is 43.2 Å². The second-order valence-corrected chi connectivity index (χ2v) is 7.63. The summed E-state index contributed by atoms with van der Waals surface area (Å²) in [6.45, 7) is 5.97. The minimum absolute atomic E-state index is 0.0355. The van der Waals surface area contributed by atoms with E-state index in [-0.39, 0.29) is 17.7 Å². The van der Waals surface area contributed by atoms with Crippen molar-refractivity contribution >= 4 is 16.9 Å². The van der Waals surface area contributed by atoms with E-state index in [1.165, 1.54) is 4.57 Å². The first-order valence-electron chi connectivity index (χ1n) is 10.2. The molecule has 0 aliphatic carbocycles. The fourth-order valence-corrected chi connectivity index (χ4v) is 3.45. The topological polar surface area (TPSA) is 136 Å². The smallest absolute Gasteiger partial charge is 0.316 e. The van der Waals surface area contributed by atoms with Gasteiger partial charge in [0.05, 0.1) is 11.0 Å². The van der Waals surface area contributed by atoms with Gasteiger partial charge in [-0.3, -0.25) is 19.4 Å². The number of carbonyl (C=O) groups excluding carboxylic acids is 1. The largest absolute Gasteiger partial charge is 0.340 e. The van der Waals surface area contributed by atoms with Crippen molar-refractivity contribution < 1.29 is 9.32 Å². The van der Waals surface area contributed by atoms with Gasteiger partial charge in [-0.15, -0.1) is 0 Å². The second-order valence-electron chi connectivity index (χ2n) is 7.63. The zero-order valence-electron chi connectivity index (χ0n) is 17.8. The first-order chi connectivity index (χ1) is 15.4. The Labute approximate surface area is 182 Å². The van der Waals surface area contributed by atoms with E-state index in [1.54, 1.807) is 43.6 Å². The van der Waals surface area contributed by atoms with Crippen molar-refractivity contribution in [2.24, 2.45) is 5.92 Å². The van der Waals surface area contributed by atoms with Gasteiger partial charge in [0, 0.05) is 30.1 Å². The van der Waals surface area contributed by atoms with Crippen molar-refractivity contribution in [1.29, 1.82) is 0 Å². The van der Waals surface area contributed by atoms with Gasteiger partial charge in [0.2, 0.25) is 11.7 Å². The minimum atomic E-state index is -0.731. The Hall–Kier alpha value is -4.08. The molecule has 4 aromatic rings. The molecule has 1 aromatic carbocycles. The quantitative estimate of drug-likeness (QED) is 0.444. The number of hydrogen-bond donors (Lipinski definition) is 2. The van der Waals surface area contributed by atoms with E-state index in [4.69, 9.17) is 4.52 Å². The lowest BCUT2D eigenvalue weighted by Crippen LogP contribution is -2.36. The van der Waals surface area contributed by atoms with Crippen LogP contribution in [-0.2, 0) is 6.54 Å². The van der Waals surface area contributed by atoms with Crippen molar-refractivity contribution in [1.82, 2.24) is 30.0 Å². The maximum atomic E-state index is 13.0. The fraction of sp³-hybridized carbons (Fsp3) is 0.273. The number of aryl methyl sites for hydroxylation is 1. The third kappa shape index (κ3) is 3.94. The zero-order valence-corrected chi connectivity index (χ0v) is 17.8. The molecular formula is C22H22N6O4. The molecule has 1 amide bonds. The summed E-state index contributed by atoms with van der Waals surface area (Å²) in [7, 11) is 0. The van der Waals surface area contributed by atoms with Crippen LogP contribution in [0.4, 0.5) is 0 Å². The first kappa shape index (κ1) is 21.2. The van der Waals surface area contributed by atoms with Crippen LogP contribution in [0, 0.1) is 5.92 Å². The van der Waals surface area contributed by atoms with Gasteiger partial charge >= 0.3 is 11.1 Å². The van der Waals surface area contributed by atoms with Crippen molar-refractivity contribution in [3.05, 3.63) is 74.9 Å². The van der Waals surface area contributed by atoms with E-state index in [2.05, 4.69) is 25.4 Å². The number of nitrogens with one attached hydrogen (secondary N) is 2. The van der Waals surface area contributed by atoms with Crippen molar-refractivity contribution in [3.63, 3.8) is 0 Å². The SMILES string of the molecule is CCn1c(=O)c(=O)[nH]c2cc(C(=O)NC(c3nc(-c4cccnc4)no3)C(C)C)ccc21. The number of hydrogen-bond acceptors (Lipinski definition) is 7. The molecule has 1 unspecified atom stereocenters. The predicted octanol–water partition coefficient (Wildman–Crippen LogP) is 2.28. The van der Waals surface area contributed by atoms with E-state index in [0.717, 1.165) is 0 Å². The monoisotopic (exact) mass is 434 g/mol. The van der Waals surface area contributed by atoms with Crippen molar-refractivity contribution in [3.8, 4) is 11.4 Å². The Balaban J connectivity index is 1.63. The summed E-state index contributed by atoms with van der Waals surface area (Å²) in [4.78, 5) is 48.0. The Morgan fingerprint density at radius 1 is 1.25 bits per heavy atom. The number of amides is 1. The van der Waals surface area contributed by atoms with Crippen LogP contribution in [0.3, 0.4) is 0 Å². The van der Waals surface area contributed by atoms with Crippen LogP contribution < -0.4 is 16.4 Å². The summed E-state index contributed by atoms with van der Waals surface area (Å²) in [6, 6.07) is 7.85. The molecule has 10 heteroatoms. The number of aromatic nitrogens is 5. The molecule has 4 rings (SSSR count). The number of nitrogens with zero attached hydrogens (tertiary/aromatic N) is 4. The van der Waals surface area contributed by atoms with E-state index in [1.807, 2.05) is 19.9 Å². The van der Waals surface area contributed by atoms with Gasteiger partial charge < -0.3 is 19.4 Å². The third-order valence-corrected chi connectivity index (χ3v) is 5.13. The summed E-state index contributed by atoms with van der Waals surface area (Å²) in [5.74, 6) is 0.253. The van der Waals surface area contributed by atoms with E-state index < -0.39 is 17.2 Å². The highest BCUT2D eigenvalue weighted by Crippen LogP contribution is 2.24. The molecule has 0 aliphatic rings. The van der Waals surface area contributed by atoms with Gasteiger partial charge in [0.1, 0.15) is 6.04 Å². The molecular weight excluding hydrogens is 412 g/mol. The Morgan fingerprint density at radius 2 is 2.06 bits per heavy atom. The van der Waals surface area contributed by atoms with E-state index in [0.29, 0.717) is 34.5 Å². The molecule has 0 spiro atoms. The number of carbonyl (C=O) groups is 1. The molecule has 0 aliphatic heterocycles. The van der Waals surface area contributed by atoms with Gasteiger partial charge in [0.15, 0.2) is 0 Å². The maximum absolute atomic E-state index is 13.0. The standard InChI is InChI=1S/C22H22N6O4/c1-4-28-16-8-7-13(10-15(16)24-20(30)22(28)31)19(29)25-17(12(2)3)21-26-18(27-32-21)14-6-5-9-23-11-14/h5-12,17H,4H2,1-3H3,(H,24,30)(H,25,29). The predicted molar refractivity (Wildman–Crippen MR) is 117 cm³/mol. The number of benzene rings is 1. The van der Waals surface area contributed by atoms with Gasteiger partial charge in [0.25, 0.3) is 5.91 Å². The van der Waals surface area contributed by atoms with Crippen LogP contribution in [0.5, 0.6) is 0 Å². The molecule has 1 atom stereocenters. The van der Waals surface area contributed by atoms with E-state index in [9.17, 15) is 14.4 Å². The van der Waals surface area contributed by atoms with Crippen LogP contribution in [0.25, 0.3) is 22.4 Å². The highest BCUT2D eigenvalue weighted by molar-refractivity contribution is 5.97. The molecule has 0 bridgehead atoms. The highest BCUT2D eigenvalue weighted by atomic mass is 16.5. The van der Waals surface area contributed by atoms with Crippen LogP contribution in [0.15, 0.2) is 56.8 Å². The number of rotatable bonds is 6. The molecule has 0 fully saturated rings. The summed E-state index contributed by atoms with van der Waals surface area (Å²) in [5.41, 5.74) is 0.626. The van der Waals surface area contributed by atoms with Crippen molar-refractivity contribution in [2.75, 3.05) is 0 Å². The lowest BCUT2D eigenvalue weighted by molar-refractivity contribution is 0.0914. The highest BCUT2D eigenvalue weighted by Gasteiger charge is 2.25. The average molecular weight is 434 g/mol. The van der Waals surface area contributed by atoms with Gasteiger partial charge in [-0.2, -0.15) is 4.98 Å². The fourth-order valence-electron chi connectivity index (χ4n) is 3.45. The molecule has 32 heavy (non-hydrogen) atoms. The Kier molecular flexibility index (Phi) is 5.67. The normalized spacial score (nSPS) is 12.2. The second kappa shape index (κ2) is 8.58. The molecule has 3 heterocycles. The third-order valence-electron chi connectivity index (χ3n) is 5.13. The van der Waals surface area contributed by atoms with Crippen molar-refractivity contribution in [2.45, 2.75) is 33.4 Å². The Bertz CT molecular complexity index is 1390. The summed E-state index contributed by atoms with van der Waals surface area (Å²) >= 11 is 0. The average Bonchev–Trinajstić information content (AvgIpc) is 3.28. The summed E-state index contributed by atoms with van der Waals surface area (Å²) in [6.07, 6.45) is 3.28. The van der Waals surface area contributed by atoms with Crippen LogP contribution in [0.1, 0.15) is 43.1 Å². The number of aromatic amines is 1. The van der Waals surface area contributed by atoms with Crippen LogP contribution in [0.2, 0.25) is 0 Å². The van der Waals surface area contributed by atoms with Gasteiger partial charge in [-0.1, -0.05) is 19.0 Å². The van der Waals surface area contributed by atoms with E-state index >= 15 is 0 Å². The number of pyridine rings is 1. The van der Waals surface area contributed by atoms with Crippen LogP contribution in [-0.4, -0.2) is 30.6 Å². The lowest BCUT2D eigenvalue weighted by Gasteiger charge is -2.18. The number of fused-ring (bicyclic) bond motifs is 1. The molecule has 2 N–H and O–H groups in total. The zero-order chi connectivity index (χ0) is 22.8. The summed E-state index contributed by atoms with van der Waals surface area (Å²) in [5, 5.41) is 6.92. The minimum Gasteiger partial charge on any atom is -0.340 e. The molecule has 0 radical (unpaired) electrons. The van der Waals surface area contributed by atoms with Crippen LogP contribution >= 0.6 is 0 Å². The molecule has 10 nitrogen and oxygen atoms in total. The number of H-pyrrole nitrogens is 1.